The summed E-state index contributed by atoms with van der Waals surface area (Å²) in [5.74, 6) is -0.920. The van der Waals surface area contributed by atoms with Gasteiger partial charge in [-0.25, -0.2) is 10.2 Å². The predicted octanol–water partition coefficient (Wildman–Crippen LogP) is 5.60. The van der Waals surface area contributed by atoms with Gasteiger partial charge in [0.25, 0.3) is 5.91 Å². The fourth-order valence-electron chi connectivity index (χ4n) is 3.27. The molecule has 0 radical (unpaired) electrons. The van der Waals surface area contributed by atoms with E-state index in [1.165, 1.54) is 12.3 Å². The lowest BCUT2D eigenvalue weighted by Crippen LogP contribution is -2.18. The molecule has 7 heteroatoms. The fourth-order valence-corrected chi connectivity index (χ4v) is 3.65. The molecule has 4 rings (SSSR count). The molecule has 0 unspecified atom stereocenters. The van der Waals surface area contributed by atoms with Gasteiger partial charge in [-0.2, -0.15) is 5.10 Å². The van der Waals surface area contributed by atoms with Gasteiger partial charge in [0.1, 0.15) is 11.5 Å². The Bertz CT molecular complexity index is 1400. The first kappa shape index (κ1) is 22.2. The van der Waals surface area contributed by atoms with Crippen LogP contribution in [0, 0.1) is 6.92 Å². The molecule has 33 heavy (non-hydrogen) atoms. The van der Waals surface area contributed by atoms with E-state index in [1.807, 2.05) is 37.3 Å². The minimum atomic E-state index is -0.567. The van der Waals surface area contributed by atoms with Crippen LogP contribution in [0.25, 0.3) is 10.8 Å². The van der Waals surface area contributed by atoms with Crippen LogP contribution in [0.1, 0.15) is 31.8 Å². The highest BCUT2D eigenvalue weighted by molar-refractivity contribution is 9.10. The number of aryl methyl sites for hydroxylation is 1. The van der Waals surface area contributed by atoms with Gasteiger partial charge in [0, 0.05) is 10.0 Å². The Morgan fingerprint density at radius 3 is 2.48 bits per heavy atom. The van der Waals surface area contributed by atoms with E-state index >= 15 is 0 Å². The van der Waals surface area contributed by atoms with Gasteiger partial charge < -0.3 is 9.84 Å². The van der Waals surface area contributed by atoms with Gasteiger partial charge in [0.05, 0.1) is 17.3 Å². The van der Waals surface area contributed by atoms with Crippen LogP contribution < -0.4 is 10.2 Å². The van der Waals surface area contributed by atoms with Gasteiger partial charge in [-0.1, -0.05) is 57.9 Å². The Morgan fingerprint density at radius 1 is 0.970 bits per heavy atom. The van der Waals surface area contributed by atoms with E-state index in [0.29, 0.717) is 11.1 Å². The Balaban J connectivity index is 1.52. The van der Waals surface area contributed by atoms with E-state index < -0.39 is 11.9 Å². The molecule has 0 saturated carbocycles. The van der Waals surface area contributed by atoms with Crippen LogP contribution in [0.15, 0.2) is 88.4 Å². The van der Waals surface area contributed by atoms with Gasteiger partial charge in [0.15, 0.2) is 0 Å². The molecule has 0 fully saturated rings. The molecule has 4 aromatic rings. The summed E-state index contributed by atoms with van der Waals surface area (Å²) in [6.45, 7) is 1.89. The minimum absolute atomic E-state index is 0.103. The van der Waals surface area contributed by atoms with Crippen LogP contribution in [0.4, 0.5) is 0 Å². The Morgan fingerprint density at radius 2 is 1.73 bits per heavy atom. The van der Waals surface area contributed by atoms with Crippen molar-refractivity contribution in [2.75, 3.05) is 0 Å². The number of phenolic OH excluding ortho intramolecular Hbond substituents is 1. The summed E-state index contributed by atoms with van der Waals surface area (Å²) in [6, 6.07) is 22.7. The van der Waals surface area contributed by atoms with Gasteiger partial charge in [0.2, 0.25) is 0 Å². The van der Waals surface area contributed by atoms with Crippen LogP contribution in [-0.2, 0) is 0 Å². The zero-order chi connectivity index (χ0) is 23.4. The number of phenols is 1. The second kappa shape index (κ2) is 9.67. The minimum Gasteiger partial charge on any atom is -0.507 e. The number of fused-ring (bicyclic) bond motifs is 1. The number of nitrogens with zero attached hydrogens (tertiary/aromatic N) is 1. The smallest absolute Gasteiger partial charge is 0.343 e. The number of amides is 1. The van der Waals surface area contributed by atoms with E-state index in [2.05, 4.69) is 26.5 Å². The number of hydrazone groups is 1. The number of nitrogens with one attached hydrogen (secondary N) is 1. The molecule has 0 aliphatic rings. The van der Waals surface area contributed by atoms with Gasteiger partial charge in [-0.15, -0.1) is 0 Å². The molecule has 1 amide bonds. The Kier molecular flexibility index (Phi) is 6.51. The molecule has 0 spiro atoms. The molecule has 0 aliphatic heterocycles. The predicted molar refractivity (Wildman–Crippen MR) is 131 cm³/mol. The highest BCUT2D eigenvalue weighted by Gasteiger charge is 2.14. The van der Waals surface area contributed by atoms with Gasteiger partial charge in [-0.05, 0) is 60.2 Å². The van der Waals surface area contributed by atoms with Gasteiger partial charge in [-0.3, -0.25) is 4.79 Å². The van der Waals surface area contributed by atoms with Crippen molar-refractivity contribution in [2.45, 2.75) is 6.92 Å². The Labute approximate surface area is 198 Å². The number of carbonyl (C=O) groups excluding carboxylic acids is 2. The molecule has 0 aromatic heterocycles. The van der Waals surface area contributed by atoms with Crippen molar-refractivity contribution in [3.63, 3.8) is 0 Å². The summed E-state index contributed by atoms with van der Waals surface area (Å²) in [6.07, 6.45) is 1.37. The van der Waals surface area contributed by atoms with E-state index in [-0.39, 0.29) is 17.1 Å². The number of aromatic hydroxyl groups is 1. The maximum atomic E-state index is 12.6. The van der Waals surface area contributed by atoms with Gasteiger partial charge >= 0.3 is 5.97 Å². The summed E-state index contributed by atoms with van der Waals surface area (Å²) < 4.78 is 6.30. The van der Waals surface area contributed by atoms with Crippen molar-refractivity contribution in [1.82, 2.24) is 5.43 Å². The van der Waals surface area contributed by atoms with Crippen LogP contribution in [0.2, 0.25) is 0 Å². The second-order valence-corrected chi connectivity index (χ2v) is 8.27. The lowest BCUT2D eigenvalue weighted by atomic mass is 10.1. The molecule has 0 atom stereocenters. The first-order chi connectivity index (χ1) is 15.9. The third-order valence-corrected chi connectivity index (χ3v) is 5.40. The highest BCUT2D eigenvalue weighted by atomic mass is 79.9. The summed E-state index contributed by atoms with van der Waals surface area (Å²) in [4.78, 5) is 25.1. The molecule has 0 aliphatic carbocycles. The average Bonchev–Trinajstić information content (AvgIpc) is 2.80. The molecule has 0 bridgehead atoms. The Hall–Kier alpha value is -3.97. The van der Waals surface area contributed by atoms with Crippen LogP contribution in [-0.4, -0.2) is 23.2 Å². The number of esters is 1. The lowest BCUT2D eigenvalue weighted by molar-refractivity contribution is 0.0734. The van der Waals surface area contributed by atoms with E-state index in [1.54, 1.807) is 42.5 Å². The summed E-state index contributed by atoms with van der Waals surface area (Å²) in [7, 11) is 0. The third kappa shape index (κ3) is 5.27. The summed E-state index contributed by atoms with van der Waals surface area (Å²) >= 11 is 3.38. The molecular weight excluding hydrogens is 484 g/mol. The molecule has 2 N–H and O–H groups in total. The lowest BCUT2D eigenvalue weighted by Gasteiger charge is -2.09. The zero-order valence-corrected chi connectivity index (χ0v) is 19.2. The largest absolute Gasteiger partial charge is 0.507 e. The topological polar surface area (TPSA) is 88.0 Å². The number of halogens is 1. The third-order valence-electron chi connectivity index (χ3n) is 4.91. The first-order valence-electron chi connectivity index (χ1n) is 10.0. The van der Waals surface area contributed by atoms with Crippen LogP contribution >= 0.6 is 15.9 Å². The number of benzene rings is 4. The summed E-state index contributed by atoms with van der Waals surface area (Å²) in [5.41, 5.74) is 4.37. The number of carbonyl (C=O) groups is 2. The molecular formula is C26H19BrN2O4. The number of hydrogen-bond donors (Lipinski definition) is 2. The molecule has 4 aromatic carbocycles. The van der Waals surface area contributed by atoms with Crippen molar-refractivity contribution >= 4 is 44.8 Å². The number of ether oxygens (including phenoxy) is 1. The maximum Gasteiger partial charge on any atom is 0.343 e. The van der Waals surface area contributed by atoms with E-state index in [0.717, 1.165) is 20.8 Å². The van der Waals surface area contributed by atoms with Crippen molar-refractivity contribution in [3.8, 4) is 11.5 Å². The zero-order valence-electron chi connectivity index (χ0n) is 17.6. The molecule has 164 valence electrons. The average molecular weight is 503 g/mol. The normalized spacial score (nSPS) is 11.0. The van der Waals surface area contributed by atoms with Crippen LogP contribution in [0.3, 0.4) is 0 Å². The standard InChI is InChI=1S/C26H19BrN2O4/c1-16-5-4-8-19(11-16)26(32)33-24-10-9-21(27)12-20(24)15-28-29-25(31)22-13-17-6-2-3-7-18(17)14-23(22)30/h2-15,30H,1H3,(H,29,31). The monoisotopic (exact) mass is 502 g/mol. The summed E-state index contributed by atoms with van der Waals surface area (Å²) in [5, 5.41) is 15.9. The molecule has 0 heterocycles. The number of rotatable bonds is 5. The van der Waals surface area contributed by atoms with Crippen molar-refractivity contribution in [3.05, 3.63) is 106 Å². The van der Waals surface area contributed by atoms with Crippen LogP contribution in [0.5, 0.6) is 11.5 Å². The second-order valence-electron chi connectivity index (χ2n) is 7.36. The molecule has 6 nitrogen and oxygen atoms in total. The number of hydrogen-bond acceptors (Lipinski definition) is 5. The fraction of sp³-hybridized carbons (Fsp3) is 0.0385. The van der Waals surface area contributed by atoms with Crippen molar-refractivity contribution < 1.29 is 19.4 Å². The SMILES string of the molecule is Cc1cccc(C(=O)Oc2ccc(Br)cc2C=NNC(=O)c2cc3ccccc3cc2O)c1. The quantitative estimate of drug-likeness (QED) is 0.161. The van der Waals surface area contributed by atoms with E-state index in [9.17, 15) is 14.7 Å². The molecule has 0 saturated heterocycles. The maximum absolute atomic E-state index is 12.6. The van der Waals surface area contributed by atoms with Crippen molar-refractivity contribution in [2.24, 2.45) is 5.10 Å². The highest BCUT2D eigenvalue weighted by Crippen LogP contribution is 2.25. The van der Waals surface area contributed by atoms with E-state index in [4.69, 9.17) is 4.74 Å². The first-order valence-corrected chi connectivity index (χ1v) is 10.8. The van der Waals surface area contributed by atoms with Crippen molar-refractivity contribution in [1.29, 1.82) is 0 Å².